The number of hydrogen-bond acceptors (Lipinski definition) is 5. The molecule has 20 heavy (non-hydrogen) atoms. The van der Waals surface area contributed by atoms with Gasteiger partial charge in [-0.1, -0.05) is 6.07 Å². The van der Waals surface area contributed by atoms with Crippen molar-refractivity contribution < 1.29 is 22.4 Å². The lowest BCUT2D eigenvalue weighted by atomic mass is 10.5. The quantitative estimate of drug-likeness (QED) is 0.922. The van der Waals surface area contributed by atoms with Gasteiger partial charge >= 0.3 is 11.9 Å². The van der Waals surface area contributed by atoms with Gasteiger partial charge in [0.2, 0.25) is 5.91 Å². The summed E-state index contributed by atoms with van der Waals surface area (Å²) in [4.78, 5) is 23.2. The fraction of sp³-hybridized carbons (Fsp3) is 0.300. The maximum Gasteiger partial charge on any atom is 0.437 e. The molecule has 1 amide bonds. The second-order valence-corrected chi connectivity index (χ2v) is 4.65. The largest absolute Gasteiger partial charge is 0.437 e. The molecule has 0 unspecified atom stereocenters. The predicted octanol–water partition coefficient (Wildman–Crippen LogP) is 1.24. The molecule has 0 saturated carbocycles. The predicted molar refractivity (Wildman–Crippen MR) is 63.1 cm³/mol. The van der Waals surface area contributed by atoms with Crippen LogP contribution in [0.15, 0.2) is 26.7 Å². The van der Waals surface area contributed by atoms with Crippen LogP contribution < -0.4 is 11.1 Å². The molecular formula is C10H8F3N3O3S. The Morgan fingerprint density at radius 1 is 1.50 bits per heavy atom. The summed E-state index contributed by atoms with van der Waals surface area (Å²) in [6.45, 7) is -2.10. The fourth-order valence-electron chi connectivity index (χ4n) is 1.30. The van der Waals surface area contributed by atoms with Crippen LogP contribution in [0.2, 0.25) is 0 Å². The SMILES string of the molecule is O=C(Cn1nc(-c2cccs2)oc1=O)NCC(F)(F)F. The molecular weight excluding hydrogens is 299 g/mol. The van der Waals surface area contributed by atoms with Crippen LogP contribution in [0.1, 0.15) is 0 Å². The molecule has 0 spiro atoms. The van der Waals surface area contributed by atoms with Gasteiger partial charge < -0.3 is 9.73 Å². The lowest BCUT2D eigenvalue weighted by Crippen LogP contribution is -2.37. The monoisotopic (exact) mass is 307 g/mol. The van der Waals surface area contributed by atoms with Crippen molar-refractivity contribution >= 4 is 17.2 Å². The molecule has 0 bridgehead atoms. The van der Waals surface area contributed by atoms with Gasteiger partial charge in [-0.05, 0) is 11.4 Å². The van der Waals surface area contributed by atoms with Gasteiger partial charge in [-0.3, -0.25) is 4.79 Å². The lowest BCUT2D eigenvalue weighted by molar-refractivity contribution is -0.138. The van der Waals surface area contributed by atoms with E-state index in [-0.39, 0.29) is 5.89 Å². The average molecular weight is 307 g/mol. The van der Waals surface area contributed by atoms with Crippen molar-refractivity contribution in [2.45, 2.75) is 12.7 Å². The van der Waals surface area contributed by atoms with Gasteiger partial charge in [0.15, 0.2) is 0 Å². The molecule has 6 nitrogen and oxygen atoms in total. The molecule has 1 N–H and O–H groups in total. The summed E-state index contributed by atoms with van der Waals surface area (Å²) in [5, 5.41) is 7.12. The Balaban J connectivity index is 2.03. The minimum Gasteiger partial charge on any atom is -0.387 e. The van der Waals surface area contributed by atoms with Crippen LogP contribution in [0.3, 0.4) is 0 Å². The Morgan fingerprint density at radius 3 is 2.85 bits per heavy atom. The van der Waals surface area contributed by atoms with Crippen molar-refractivity contribution in [3.05, 3.63) is 28.1 Å². The number of thiophene rings is 1. The summed E-state index contributed by atoms with van der Waals surface area (Å²) < 4.78 is 41.2. The fourth-order valence-corrected chi connectivity index (χ4v) is 1.94. The molecule has 2 rings (SSSR count). The van der Waals surface area contributed by atoms with Crippen LogP contribution in [0.25, 0.3) is 10.8 Å². The van der Waals surface area contributed by atoms with E-state index in [1.165, 1.54) is 11.3 Å². The van der Waals surface area contributed by atoms with Crippen molar-refractivity contribution in [1.82, 2.24) is 15.1 Å². The highest BCUT2D eigenvalue weighted by atomic mass is 32.1. The minimum absolute atomic E-state index is 0.0219. The molecule has 0 aliphatic carbocycles. The Morgan fingerprint density at radius 2 is 2.25 bits per heavy atom. The highest BCUT2D eigenvalue weighted by Crippen LogP contribution is 2.20. The smallest absolute Gasteiger partial charge is 0.387 e. The number of nitrogens with zero attached hydrogens (tertiary/aromatic N) is 2. The first-order valence-electron chi connectivity index (χ1n) is 5.30. The first-order valence-corrected chi connectivity index (χ1v) is 6.18. The number of nitrogens with one attached hydrogen (secondary N) is 1. The number of halogens is 3. The van der Waals surface area contributed by atoms with E-state index in [1.807, 2.05) is 0 Å². The highest BCUT2D eigenvalue weighted by Gasteiger charge is 2.28. The minimum atomic E-state index is -4.51. The number of alkyl halides is 3. The molecule has 0 aliphatic heterocycles. The summed E-state index contributed by atoms with van der Waals surface area (Å²) in [5.74, 6) is -1.86. The first-order chi connectivity index (χ1) is 9.35. The van der Waals surface area contributed by atoms with Gasteiger partial charge in [0.05, 0.1) is 4.88 Å². The van der Waals surface area contributed by atoms with Crippen molar-refractivity contribution in [3.63, 3.8) is 0 Å². The summed E-state index contributed by atoms with van der Waals surface area (Å²) in [6, 6.07) is 3.37. The van der Waals surface area contributed by atoms with E-state index in [1.54, 1.807) is 22.8 Å². The van der Waals surface area contributed by atoms with E-state index in [0.29, 0.717) is 9.56 Å². The highest BCUT2D eigenvalue weighted by molar-refractivity contribution is 7.13. The van der Waals surface area contributed by atoms with E-state index in [4.69, 9.17) is 4.42 Å². The molecule has 10 heteroatoms. The molecule has 108 valence electrons. The Bertz CT molecular complexity index is 645. The zero-order valence-corrected chi connectivity index (χ0v) is 10.6. The normalized spacial score (nSPS) is 11.6. The lowest BCUT2D eigenvalue weighted by Gasteiger charge is -2.07. The molecule has 2 heterocycles. The molecule has 0 fully saturated rings. The zero-order chi connectivity index (χ0) is 14.8. The van der Waals surface area contributed by atoms with Crippen LogP contribution in [0.5, 0.6) is 0 Å². The van der Waals surface area contributed by atoms with E-state index in [9.17, 15) is 22.8 Å². The number of aromatic nitrogens is 2. The first kappa shape index (κ1) is 14.3. The number of carbonyl (C=O) groups is 1. The van der Waals surface area contributed by atoms with Crippen LogP contribution in [0.4, 0.5) is 13.2 Å². The van der Waals surface area contributed by atoms with Gasteiger partial charge in [-0.15, -0.1) is 16.4 Å². The zero-order valence-electron chi connectivity index (χ0n) is 9.81. The molecule has 0 aromatic carbocycles. The molecule has 2 aromatic rings. The summed E-state index contributed by atoms with van der Waals surface area (Å²) in [5.41, 5.74) is 0. The van der Waals surface area contributed by atoms with Gasteiger partial charge in [0, 0.05) is 0 Å². The Labute approximate surface area is 113 Å². The number of carbonyl (C=O) groups excluding carboxylic acids is 1. The maximum atomic E-state index is 11.9. The molecule has 0 saturated heterocycles. The third-order valence-electron chi connectivity index (χ3n) is 2.12. The van der Waals surface area contributed by atoms with Crippen molar-refractivity contribution in [2.75, 3.05) is 6.54 Å². The summed E-state index contributed by atoms with van der Waals surface area (Å²) in [7, 11) is 0. The van der Waals surface area contributed by atoms with Gasteiger partial charge in [-0.25, -0.2) is 4.79 Å². The maximum absolute atomic E-state index is 11.9. The Hall–Kier alpha value is -2.10. The number of amides is 1. The van der Waals surface area contributed by atoms with Gasteiger partial charge in [0.1, 0.15) is 13.1 Å². The Kier molecular flexibility index (Phi) is 3.93. The standard InChI is InChI=1S/C10H8F3N3O3S/c11-10(12,13)5-14-7(17)4-16-9(18)19-8(15-16)6-2-1-3-20-6/h1-3H,4-5H2,(H,14,17). The molecule has 0 atom stereocenters. The second-order valence-electron chi connectivity index (χ2n) is 3.70. The molecule has 2 aromatic heterocycles. The van der Waals surface area contributed by atoms with E-state index >= 15 is 0 Å². The van der Waals surface area contributed by atoms with Crippen LogP contribution in [-0.4, -0.2) is 28.4 Å². The van der Waals surface area contributed by atoms with Crippen LogP contribution in [0, 0.1) is 0 Å². The van der Waals surface area contributed by atoms with Crippen LogP contribution in [-0.2, 0) is 11.3 Å². The topological polar surface area (TPSA) is 77.1 Å². The van der Waals surface area contributed by atoms with Gasteiger partial charge in [0.25, 0.3) is 5.89 Å². The number of rotatable bonds is 4. The molecule has 0 aliphatic rings. The van der Waals surface area contributed by atoms with E-state index in [0.717, 1.165) is 0 Å². The summed E-state index contributed by atoms with van der Waals surface area (Å²) >= 11 is 1.27. The van der Waals surface area contributed by atoms with Crippen molar-refractivity contribution in [1.29, 1.82) is 0 Å². The molecule has 0 radical (unpaired) electrons. The van der Waals surface area contributed by atoms with Gasteiger partial charge in [-0.2, -0.15) is 17.9 Å². The number of hydrogen-bond donors (Lipinski definition) is 1. The third-order valence-corrected chi connectivity index (χ3v) is 2.98. The average Bonchev–Trinajstić information content (AvgIpc) is 2.96. The summed E-state index contributed by atoms with van der Waals surface area (Å²) in [6.07, 6.45) is -4.51. The van der Waals surface area contributed by atoms with Crippen LogP contribution >= 0.6 is 11.3 Å². The van der Waals surface area contributed by atoms with Crippen molar-refractivity contribution in [3.8, 4) is 10.8 Å². The van der Waals surface area contributed by atoms with E-state index < -0.39 is 30.9 Å². The van der Waals surface area contributed by atoms with Crippen molar-refractivity contribution in [2.24, 2.45) is 0 Å². The third kappa shape index (κ3) is 3.70. The van der Waals surface area contributed by atoms with E-state index in [2.05, 4.69) is 5.10 Å². The second kappa shape index (κ2) is 5.49.